The quantitative estimate of drug-likeness (QED) is 0.606. The molecule has 2 fully saturated rings. The van der Waals surface area contributed by atoms with E-state index in [1.807, 2.05) is 4.90 Å². The van der Waals surface area contributed by atoms with Crippen molar-refractivity contribution in [1.29, 1.82) is 0 Å². The van der Waals surface area contributed by atoms with Crippen LogP contribution in [0.2, 0.25) is 0 Å². The second-order valence-electron chi connectivity index (χ2n) is 6.62. The zero-order chi connectivity index (χ0) is 17.2. The third-order valence-electron chi connectivity index (χ3n) is 5.06. The fourth-order valence-electron chi connectivity index (χ4n) is 3.85. The molecule has 0 N–H and O–H groups in total. The van der Waals surface area contributed by atoms with E-state index >= 15 is 0 Å². The highest BCUT2D eigenvalue weighted by molar-refractivity contribution is 5.95. The fourth-order valence-corrected chi connectivity index (χ4v) is 3.85. The van der Waals surface area contributed by atoms with E-state index in [-0.39, 0.29) is 30.9 Å². The van der Waals surface area contributed by atoms with E-state index in [9.17, 15) is 4.79 Å². The smallest absolute Gasteiger partial charge is 0.254 e. The molecule has 0 saturated carbocycles. The molecule has 0 aliphatic carbocycles. The van der Waals surface area contributed by atoms with Crippen molar-refractivity contribution in [2.75, 3.05) is 26.6 Å². The number of carbonyl (C=O) groups excluding carboxylic acids is 1. The molecule has 1 amide bonds. The summed E-state index contributed by atoms with van der Waals surface area (Å²) in [5, 5.41) is 0. The Bertz CT molecular complexity index is 661. The lowest BCUT2D eigenvalue weighted by molar-refractivity contribution is -0.0937. The van der Waals surface area contributed by atoms with Crippen LogP contribution in [0.3, 0.4) is 0 Å². The Morgan fingerprint density at radius 1 is 1.28 bits per heavy atom. The summed E-state index contributed by atoms with van der Waals surface area (Å²) in [5.41, 5.74) is 0.640. The fraction of sp³-hybridized carbons (Fsp3) is 0.526. The minimum atomic E-state index is 0.0377. The molecule has 1 aromatic carbocycles. The molecular weight excluding hydrogens is 322 g/mol. The number of ether oxygens (including phenoxy) is 4. The highest BCUT2D eigenvalue weighted by atomic mass is 16.7. The normalized spacial score (nSPS) is 27.2. The van der Waals surface area contributed by atoms with Crippen LogP contribution in [-0.2, 0) is 9.47 Å². The lowest BCUT2D eigenvalue weighted by Gasteiger charge is -2.35. The minimum absolute atomic E-state index is 0.0377. The average molecular weight is 345 g/mol. The van der Waals surface area contributed by atoms with Crippen molar-refractivity contribution in [1.82, 2.24) is 4.90 Å². The Hall–Kier alpha value is -2.05. The SMILES string of the molecule is C=CCOC[C@H]1CCC2C(CCN2C(=O)c2ccc3c(c2)OCO3)O1. The number of hydrogen-bond acceptors (Lipinski definition) is 5. The summed E-state index contributed by atoms with van der Waals surface area (Å²) in [6.45, 7) is 5.72. The van der Waals surface area contributed by atoms with Gasteiger partial charge in [0.2, 0.25) is 6.79 Å². The largest absolute Gasteiger partial charge is 0.454 e. The molecule has 25 heavy (non-hydrogen) atoms. The maximum Gasteiger partial charge on any atom is 0.254 e. The van der Waals surface area contributed by atoms with Crippen molar-refractivity contribution in [3.8, 4) is 11.5 Å². The monoisotopic (exact) mass is 345 g/mol. The number of amides is 1. The second-order valence-corrected chi connectivity index (χ2v) is 6.62. The van der Waals surface area contributed by atoms with Crippen molar-refractivity contribution < 1.29 is 23.7 Å². The number of hydrogen-bond donors (Lipinski definition) is 0. The van der Waals surface area contributed by atoms with Gasteiger partial charge in [0.05, 0.1) is 31.5 Å². The molecule has 2 unspecified atom stereocenters. The molecule has 3 atom stereocenters. The van der Waals surface area contributed by atoms with E-state index < -0.39 is 0 Å². The van der Waals surface area contributed by atoms with Crippen molar-refractivity contribution in [3.63, 3.8) is 0 Å². The molecule has 3 aliphatic heterocycles. The highest BCUT2D eigenvalue weighted by Crippen LogP contribution is 2.35. The van der Waals surface area contributed by atoms with E-state index in [1.165, 1.54) is 0 Å². The highest BCUT2D eigenvalue weighted by Gasteiger charge is 2.42. The van der Waals surface area contributed by atoms with Gasteiger partial charge in [-0.2, -0.15) is 0 Å². The van der Waals surface area contributed by atoms with Crippen LogP contribution in [0.25, 0.3) is 0 Å². The van der Waals surface area contributed by atoms with Gasteiger partial charge in [-0.15, -0.1) is 6.58 Å². The van der Waals surface area contributed by atoms with E-state index in [1.54, 1.807) is 24.3 Å². The lowest BCUT2D eigenvalue weighted by Crippen LogP contribution is -2.45. The molecule has 3 heterocycles. The first-order valence-electron chi connectivity index (χ1n) is 8.81. The van der Waals surface area contributed by atoms with Crippen LogP contribution in [0.5, 0.6) is 11.5 Å². The van der Waals surface area contributed by atoms with Gasteiger partial charge in [0.1, 0.15) is 0 Å². The van der Waals surface area contributed by atoms with E-state index in [2.05, 4.69) is 6.58 Å². The molecule has 4 rings (SSSR count). The molecule has 134 valence electrons. The van der Waals surface area contributed by atoms with Gasteiger partial charge in [-0.3, -0.25) is 4.79 Å². The summed E-state index contributed by atoms with van der Waals surface area (Å²) in [5.74, 6) is 1.37. The van der Waals surface area contributed by atoms with Crippen LogP contribution in [0.1, 0.15) is 29.6 Å². The van der Waals surface area contributed by atoms with E-state index in [0.717, 1.165) is 25.8 Å². The second kappa shape index (κ2) is 7.06. The Morgan fingerprint density at radius 3 is 3.04 bits per heavy atom. The first-order chi connectivity index (χ1) is 12.3. The first-order valence-corrected chi connectivity index (χ1v) is 8.81. The maximum atomic E-state index is 12.9. The van der Waals surface area contributed by atoms with Crippen LogP contribution < -0.4 is 9.47 Å². The van der Waals surface area contributed by atoms with Crippen LogP contribution in [0.4, 0.5) is 0 Å². The number of likely N-dealkylation sites (tertiary alicyclic amines) is 1. The van der Waals surface area contributed by atoms with Gasteiger partial charge in [0, 0.05) is 12.1 Å². The summed E-state index contributed by atoms with van der Waals surface area (Å²) < 4.78 is 22.3. The molecule has 6 heteroatoms. The van der Waals surface area contributed by atoms with Crippen LogP contribution >= 0.6 is 0 Å². The molecule has 3 aliphatic rings. The van der Waals surface area contributed by atoms with Crippen LogP contribution in [-0.4, -0.2) is 55.6 Å². The van der Waals surface area contributed by atoms with Crippen molar-refractivity contribution in [2.45, 2.75) is 37.5 Å². The van der Waals surface area contributed by atoms with Gasteiger partial charge in [0.25, 0.3) is 5.91 Å². The van der Waals surface area contributed by atoms with Crippen molar-refractivity contribution in [3.05, 3.63) is 36.4 Å². The molecule has 1 aromatic rings. The summed E-state index contributed by atoms with van der Waals surface area (Å²) in [4.78, 5) is 14.9. The zero-order valence-electron chi connectivity index (χ0n) is 14.2. The van der Waals surface area contributed by atoms with Gasteiger partial charge in [-0.1, -0.05) is 6.08 Å². The minimum Gasteiger partial charge on any atom is -0.454 e. The van der Waals surface area contributed by atoms with Gasteiger partial charge in [0.15, 0.2) is 11.5 Å². The van der Waals surface area contributed by atoms with Gasteiger partial charge in [-0.25, -0.2) is 0 Å². The lowest BCUT2D eigenvalue weighted by atomic mass is 9.99. The van der Waals surface area contributed by atoms with Crippen molar-refractivity contribution in [2.24, 2.45) is 0 Å². The third kappa shape index (κ3) is 3.24. The Labute approximate surface area is 147 Å². The Morgan fingerprint density at radius 2 is 2.16 bits per heavy atom. The predicted molar refractivity (Wildman–Crippen MR) is 90.9 cm³/mol. The molecular formula is C19H23NO5. The summed E-state index contributed by atoms with van der Waals surface area (Å²) in [6, 6.07) is 5.52. The average Bonchev–Trinajstić information content (AvgIpc) is 3.27. The molecule has 6 nitrogen and oxygen atoms in total. The van der Waals surface area contributed by atoms with Gasteiger partial charge >= 0.3 is 0 Å². The first kappa shape index (κ1) is 16.4. The van der Waals surface area contributed by atoms with Crippen LogP contribution in [0, 0.1) is 0 Å². The number of nitrogens with zero attached hydrogens (tertiary/aromatic N) is 1. The zero-order valence-corrected chi connectivity index (χ0v) is 14.2. The topological polar surface area (TPSA) is 57.2 Å². The van der Waals surface area contributed by atoms with E-state index in [0.29, 0.717) is 30.3 Å². The maximum absolute atomic E-state index is 12.9. The van der Waals surface area contributed by atoms with E-state index in [4.69, 9.17) is 18.9 Å². The Kier molecular flexibility index (Phi) is 4.63. The standard InChI is InChI=1S/C19H23NO5/c1-2-9-22-11-14-4-5-15-16(25-14)7-8-20(15)19(21)13-3-6-17-18(10-13)24-12-23-17/h2-3,6,10,14-16H,1,4-5,7-9,11-12H2/t14-,15?,16?/m1/s1. The number of carbonyl (C=O) groups is 1. The molecule has 0 spiro atoms. The Balaban J connectivity index is 1.40. The number of rotatable bonds is 5. The van der Waals surface area contributed by atoms with Crippen molar-refractivity contribution >= 4 is 5.91 Å². The van der Waals surface area contributed by atoms with Gasteiger partial charge in [-0.05, 0) is 37.5 Å². The predicted octanol–water partition coefficient (Wildman–Crippen LogP) is 2.38. The number of fused-ring (bicyclic) bond motifs is 2. The molecule has 2 saturated heterocycles. The number of benzene rings is 1. The summed E-state index contributed by atoms with van der Waals surface area (Å²) in [7, 11) is 0. The summed E-state index contributed by atoms with van der Waals surface area (Å²) in [6.07, 6.45) is 4.68. The van der Waals surface area contributed by atoms with Crippen LogP contribution in [0.15, 0.2) is 30.9 Å². The third-order valence-corrected chi connectivity index (χ3v) is 5.06. The van der Waals surface area contributed by atoms with Gasteiger partial charge < -0.3 is 23.8 Å². The molecule has 0 aromatic heterocycles. The molecule has 0 bridgehead atoms. The molecule has 0 radical (unpaired) electrons. The summed E-state index contributed by atoms with van der Waals surface area (Å²) >= 11 is 0.